The molecule has 3 aromatic rings. The normalized spacial score (nSPS) is 16.8. The lowest BCUT2D eigenvalue weighted by Gasteiger charge is -2.34. The minimum Gasteiger partial charge on any atom is -0.335 e. The number of pyridine rings is 1. The molecule has 0 spiro atoms. The third-order valence-corrected chi connectivity index (χ3v) is 10.5. The highest BCUT2D eigenvalue weighted by atomic mass is 35.5. The molecule has 1 aromatic carbocycles. The number of piperazine rings is 1. The summed E-state index contributed by atoms with van der Waals surface area (Å²) in [5.74, 6) is 0.262. The second kappa shape index (κ2) is 9.43. The highest BCUT2D eigenvalue weighted by molar-refractivity contribution is 8.02. The highest BCUT2D eigenvalue weighted by Crippen LogP contribution is 2.36. The molecule has 2 aromatic heterocycles. The standard InChI is InChI=1S/C23H21ClN4O3S3/c1-15-21(33-22(26-15)16-4-6-25-7-5-16)23(29)27-8-10-28(11-9-27)34(30,31)19-12-17-2-3-18(24)13-20(17)32-14-19/h2-7,12-13H,8-11,14H2,1H3. The van der Waals surface area contributed by atoms with Crippen LogP contribution in [0, 0.1) is 6.92 Å². The Morgan fingerprint density at radius 3 is 2.56 bits per heavy atom. The lowest BCUT2D eigenvalue weighted by Crippen LogP contribution is -2.50. The quantitative estimate of drug-likeness (QED) is 0.495. The molecule has 2 aliphatic heterocycles. The summed E-state index contributed by atoms with van der Waals surface area (Å²) in [6.07, 6.45) is 5.12. The van der Waals surface area contributed by atoms with Gasteiger partial charge in [0, 0.05) is 59.8 Å². The predicted octanol–water partition coefficient (Wildman–Crippen LogP) is 4.40. The van der Waals surface area contributed by atoms with Crippen molar-refractivity contribution in [3.05, 3.63) is 68.8 Å². The van der Waals surface area contributed by atoms with E-state index in [-0.39, 0.29) is 19.0 Å². The van der Waals surface area contributed by atoms with Gasteiger partial charge >= 0.3 is 0 Å². The van der Waals surface area contributed by atoms with Gasteiger partial charge in [-0.3, -0.25) is 9.78 Å². The Morgan fingerprint density at radius 2 is 1.82 bits per heavy atom. The monoisotopic (exact) mass is 532 g/mol. The maximum atomic E-state index is 13.3. The SMILES string of the molecule is Cc1nc(-c2ccncc2)sc1C(=O)N1CCN(S(=O)(=O)C2=Cc3ccc(Cl)cc3SC2)CC1. The number of thiazole rings is 1. The van der Waals surface area contributed by atoms with Crippen LogP contribution in [-0.2, 0) is 10.0 Å². The molecule has 1 fully saturated rings. The second-order valence-corrected chi connectivity index (χ2v) is 12.4. The smallest absolute Gasteiger partial charge is 0.265 e. The van der Waals surface area contributed by atoms with Gasteiger partial charge in [0.1, 0.15) is 9.88 Å². The van der Waals surface area contributed by atoms with Crippen LogP contribution < -0.4 is 0 Å². The number of aromatic nitrogens is 2. The number of nitrogens with zero attached hydrogens (tertiary/aromatic N) is 4. The first-order valence-electron chi connectivity index (χ1n) is 10.6. The zero-order chi connectivity index (χ0) is 23.9. The summed E-state index contributed by atoms with van der Waals surface area (Å²) in [6.45, 7) is 3.03. The van der Waals surface area contributed by atoms with E-state index in [1.807, 2.05) is 31.2 Å². The number of sulfonamides is 1. The number of thioether (sulfide) groups is 1. The van der Waals surface area contributed by atoms with Gasteiger partial charge in [-0.15, -0.1) is 23.1 Å². The van der Waals surface area contributed by atoms with Crippen LogP contribution in [0.2, 0.25) is 5.02 Å². The van der Waals surface area contributed by atoms with E-state index in [2.05, 4.69) is 9.97 Å². The molecule has 2 aliphatic rings. The Kier molecular flexibility index (Phi) is 6.51. The fourth-order valence-corrected chi connectivity index (χ4v) is 8.10. The topological polar surface area (TPSA) is 83.5 Å². The molecule has 0 radical (unpaired) electrons. The number of amides is 1. The predicted molar refractivity (Wildman–Crippen MR) is 137 cm³/mol. The molecular formula is C23H21ClN4O3S3. The molecule has 0 unspecified atom stereocenters. The van der Waals surface area contributed by atoms with Crippen molar-refractivity contribution in [3.8, 4) is 10.6 Å². The molecule has 11 heteroatoms. The van der Waals surface area contributed by atoms with Gasteiger partial charge in [-0.2, -0.15) is 4.31 Å². The molecule has 1 amide bonds. The fourth-order valence-electron chi connectivity index (χ4n) is 3.92. The molecule has 0 aliphatic carbocycles. The van der Waals surface area contributed by atoms with Crippen LogP contribution in [0.3, 0.4) is 0 Å². The van der Waals surface area contributed by atoms with Crippen LogP contribution in [0.15, 0.2) is 52.5 Å². The minimum absolute atomic E-state index is 0.106. The maximum Gasteiger partial charge on any atom is 0.265 e. The Morgan fingerprint density at radius 1 is 1.09 bits per heavy atom. The fraction of sp³-hybridized carbons (Fsp3) is 0.261. The number of aryl methyl sites for hydroxylation is 1. The molecule has 7 nitrogen and oxygen atoms in total. The number of carbonyl (C=O) groups is 1. The Labute approximate surface area is 211 Å². The van der Waals surface area contributed by atoms with E-state index in [0.717, 1.165) is 21.0 Å². The van der Waals surface area contributed by atoms with E-state index in [4.69, 9.17) is 11.6 Å². The van der Waals surface area contributed by atoms with Crippen molar-refractivity contribution in [2.24, 2.45) is 0 Å². The number of hydrogen-bond donors (Lipinski definition) is 0. The summed E-state index contributed by atoms with van der Waals surface area (Å²) < 4.78 is 28.0. The Bertz CT molecular complexity index is 1380. The summed E-state index contributed by atoms with van der Waals surface area (Å²) in [5.41, 5.74) is 2.46. The molecule has 0 saturated carbocycles. The molecule has 34 heavy (non-hydrogen) atoms. The van der Waals surface area contributed by atoms with Gasteiger partial charge in [0.25, 0.3) is 5.91 Å². The van der Waals surface area contributed by atoms with Crippen molar-refractivity contribution in [1.82, 2.24) is 19.2 Å². The molecule has 0 N–H and O–H groups in total. The van der Waals surface area contributed by atoms with Crippen LogP contribution in [0.4, 0.5) is 0 Å². The summed E-state index contributed by atoms with van der Waals surface area (Å²) >= 11 is 8.88. The summed E-state index contributed by atoms with van der Waals surface area (Å²) in [6, 6.07) is 9.18. The van der Waals surface area contributed by atoms with Crippen molar-refractivity contribution in [1.29, 1.82) is 0 Å². The number of halogens is 1. The van der Waals surface area contributed by atoms with Gasteiger partial charge in [0.05, 0.1) is 10.6 Å². The third-order valence-electron chi connectivity index (χ3n) is 5.78. The molecular weight excluding hydrogens is 512 g/mol. The molecule has 0 bridgehead atoms. The number of fused-ring (bicyclic) bond motifs is 1. The number of benzene rings is 1. The first kappa shape index (κ1) is 23.5. The first-order valence-corrected chi connectivity index (χ1v) is 14.2. The van der Waals surface area contributed by atoms with E-state index in [0.29, 0.717) is 39.3 Å². The average Bonchev–Trinajstić information content (AvgIpc) is 3.25. The van der Waals surface area contributed by atoms with Gasteiger partial charge in [-0.25, -0.2) is 13.4 Å². The summed E-state index contributed by atoms with van der Waals surface area (Å²) in [4.78, 5) is 25.4. The van der Waals surface area contributed by atoms with Crippen LogP contribution in [0.5, 0.6) is 0 Å². The maximum absolute atomic E-state index is 13.3. The van der Waals surface area contributed by atoms with Crippen molar-refractivity contribution in [2.75, 3.05) is 31.9 Å². The first-order chi connectivity index (χ1) is 16.3. The van der Waals surface area contributed by atoms with E-state index in [1.165, 1.54) is 27.4 Å². The van der Waals surface area contributed by atoms with Crippen molar-refractivity contribution in [3.63, 3.8) is 0 Å². The van der Waals surface area contributed by atoms with E-state index < -0.39 is 10.0 Å². The van der Waals surface area contributed by atoms with Gasteiger partial charge in [0.2, 0.25) is 10.0 Å². The van der Waals surface area contributed by atoms with Crippen molar-refractivity contribution >= 4 is 56.7 Å². The highest BCUT2D eigenvalue weighted by Gasteiger charge is 2.34. The van der Waals surface area contributed by atoms with Gasteiger partial charge in [-0.1, -0.05) is 17.7 Å². The van der Waals surface area contributed by atoms with Crippen molar-refractivity contribution < 1.29 is 13.2 Å². The van der Waals surface area contributed by atoms with E-state index >= 15 is 0 Å². The molecule has 0 atom stereocenters. The number of rotatable bonds is 4. The third kappa shape index (κ3) is 4.52. The Balaban J connectivity index is 1.28. The molecule has 176 valence electrons. The molecule has 4 heterocycles. The van der Waals surface area contributed by atoms with Gasteiger partial charge in [-0.05, 0) is 42.8 Å². The summed E-state index contributed by atoms with van der Waals surface area (Å²) in [7, 11) is -3.60. The van der Waals surface area contributed by atoms with Crippen LogP contribution in [-0.4, -0.2) is 65.4 Å². The average molecular weight is 533 g/mol. The minimum atomic E-state index is -3.60. The zero-order valence-electron chi connectivity index (χ0n) is 18.3. The van der Waals surface area contributed by atoms with Gasteiger partial charge in [0.15, 0.2) is 0 Å². The van der Waals surface area contributed by atoms with Crippen LogP contribution in [0.25, 0.3) is 16.6 Å². The van der Waals surface area contributed by atoms with E-state index in [9.17, 15) is 13.2 Å². The summed E-state index contributed by atoms with van der Waals surface area (Å²) in [5, 5.41) is 1.41. The lowest BCUT2D eigenvalue weighted by molar-refractivity contribution is 0.0702. The van der Waals surface area contributed by atoms with Crippen molar-refractivity contribution in [2.45, 2.75) is 11.8 Å². The Hall–Kier alpha value is -2.24. The lowest BCUT2D eigenvalue weighted by atomic mass is 10.2. The van der Waals surface area contributed by atoms with Crippen LogP contribution >= 0.6 is 34.7 Å². The largest absolute Gasteiger partial charge is 0.335 e. The molecule has 1 saturated heterocycles. The molecule has 5 rings (SSSR count). The zero-order valence-corrected chi connectivity index (χ0v) is 21.5. The van der Waals surface area contributed by atoms with E-state index in [1.54, 1.807) is 29.4 Å². The van der Waals surface area contributed by atoms with Gasteiger partial charge < -0.3 is 4.90 Å². The second-order valence-electron chi connectivity index (χ2n) is 7.95. The number of carbonyl (C=O) groups excluding carboxylic acids is 1. The van der Waals surface area contributed by atoms with Crippen LogP contribution in [0.1, 0.15) is 20.9 Å². The number of hydrogen-bond acceptors (Lipinski definition) is 7.